The Morgan fingerprint density at radius 3 is 2.76 bits per heavy atom. The van der Waals surface area contributed by atoms with Crippen molar-refractivity contribution in [1.82, 2.24) is 24.8 Å². The van der Waals surface area contributed by atoms with E-state index in [0.717, 1.165) is 24.4 Å². The molecule has 3 heterocycles. The molecule has 1 amide bonds. The van der Waals surface area contributed by atoms with Crippen molar-refractivity contribution in [1.29, 1.82) is 0 Å². The lowest BCUT2D eigenvalue weighted by Gasteiger charge is -2.31. The number of likely N-dealkylation sites (tertiary alicyclic amines) is 1. The summed E-state index contributed by atoms with van der Waals surface area (Å²) in [6, 6.07) is 1.94. The summed E-state index contributed by atoms with van der Waals surface area (Å²) < 4.78 is 0. The predicted molar refractivity (Wildman–Crippen MR) is 76.1 cm³/mol. The van der Waals surface area contributed by atoms with Gasteiger partial charge in [0.05, 0.1) is 0 Å². The molecule has 0 atom stereocenters. The van der Waals surface area contributed by atoms with Crippen molar-refractivity contribution in [3.05, 3.63) is 46.2 Å². The molecule has 0 saturated carbocycles. The van der Waals surface area contributed by atoms with Gasteiger partial charge in [0.15, 0.2) is 0 Å². The first-order chi connectivity index (χ1) is 10.1. The number of aromatic nitrogens is 4. The number of amides is 1. The van der Waals surface area contributed by atoms with Crippen LogP contribution in [0.1, 0.15) is 40.8 Å². The fourth-order valence-electron chi connectivity index (χ4n) is 2.70. The largest absolute Gasteiger partial charge is 0.337 e. The molecule has 0 bridgehead atoms. The second kappa shape index (κ2) is 5.51. The topological polar surface area (TPSA) is 94.7 Å². The van der Waals surface area contributed by atoms with Gasteiger partial charge < -0.3 is 14.9 Å². The van der Waals surface area contributed by atoms with Crippen LogP contribution in [0.15, 0.2) is 23.3 Å². The minimum Gasteiger partial charge on any atom is -0.337 e. The van der Waals surface area contributed by atoms with Crippen LogP contribution in [-0.2, 0) is 0 Å². The molecule has 0 aliphatic carbocycles. The number of aromatic amines is 2. The van der Waals surface area contributed by atoms with E-state index in [9.17, 15) is 9.59 Å². The highest BCUT2D eigenvalue weighted by Gasteiger charge is 2.26. The second-order valence-corrected chi connectivity index (χ2v) is 5.25. The molecule has 110 valence electrons. The summed E-state index contributed by atoms with van der Waals surface area (Å²) in [6.45, 7) is 3.21. The highest BCUT2D eigenvalue weighted by molar-refractivity contribution is 5.92. The van der Waals surface area contributed by atoms with Gasteiger partial charge in [0, 0.05) is 37.1 Å². The summed E-state index contributed by atoms with van der Waals surface area (Å²) in [5.74, 6) is 1.00. The van der Waals surface area contributed by atoms with Crippen LogP contribution in [-0.4, -0.2) is 43.8 Å². The van der Waals surface area contributed by atoms with Gasteiger partial charge in [-0.3, -0.25) is 4.79 Å². The smallest absolute Gasteiger partial charge is 0.323 e. The lowest BCUT2D eigenvalue weighted by Crippen LogP contribution is -2.38. The Labute approximate surface area is 121 Å². The first kappa shape index (κ1) is 13.5. The molecule has 7 heteroatoms. The molecule has 0 unspecified atom stereocenters. The number of nitrogens with one attached hydrogen (secondary N) is 2. The van der Waals surface area contributed by atoms with Crippen molar-refractivity contribution in [3.8, 4) is 0 Å². The predicted octanol–water partition coefficient (Wildman–Crippen LogP) is 0.821. The van der Waals surface area contributed by atoms with Gasteiger partial charge in [0.25, 0.3) is 5.91 Å². The van der Waals surface area contributed by atoms with E-state index < -0.39 is 0 Å². The Balaban J connectivity index is 1.65. The fourth-order valence-corrected chi connectivity index (χ4v) is 2.70. The number of rotatable bonds is 2. The van der Waals surface area contributed by atoms with E-state index in [2.05, 4.69) is 19.9 Å². The monoisotopic (exact) mass is 287 g/mol. The van der Waals surface area contributed by atoms with Crippen molar-refractivity contribution in [2.45, 2.75) is 25.7 Å². The van der Waals surface area contributed by atoms with E-state index in [1.54, 1.807) is 11.1 Å². The van der Waals surface area contributed by atoms with Crippen LogP contribution in [0.25, 0.3) is 0 Å². The lowest BCUT2D eigenvalue weighted by atomic mass is 9.93. The van der Waals surface area contributed by atoms with Gasteiger partial charge in [-0.2, -0.15) is 0 Å². The van der Waals surface area contributed by atoms with Crippen molar-refractivity contribution >= 4 is 5.91 Å². The first-order valence-corrected chi connectivity index (χ1v) is 7.00. The lowest BCUT2D eigenvalue weighted by molar-refractivity contribution is 0.0706. The Hall–Kier alpha value is -2.44. The number of hydrogen-bond donors (Lipinski definition) is 2. The average molecular weight is 287 g/mol. The number of piperidine rings is 1. The number of carbonyl (C=O) groups excluding carboxylic acids is 1. The molecule has 1 saturated heterocycles. The van der Waals surface area contributed by atoms with E-state index in [1.165, 1.54) is 6.20 Å². The summed E-state index contributed by atoms with van der Waals surface area (Å²) in [4.78, 5) is 38.6. The molecule has 2 aromatic heterocycles. The molecule has 3 rings (SSSR count). The second-order valence-electron chi connectivity index (χ2n) is 5.25. The Kier molecular flexibility index (Phi) is 3.55. The van der Waals surface area contributed by atoms with Crippen LogP contribution in [0.4, 0.5) is 0 Å². The third kappa shape index (κ3) is 2.86. The molecule has 7 nitrogen and oxygen atoms in total. The van der Waals surface area contributed by atoms with Gasteiger partial charge in [-0.05, 0) is 25.8 Å². The van der Waals surface area contributed by atoms with Gasteiger partial charge in [-0.25, -0.2) is 14.8 Å². The molecular weight excluding hydrogens is 270 g/mol. The molecule has 1 aliphatic rings. The average Bonchev–Trinajstić information content (AvgIpc) is 2.93. The summed E-state index contributed by atoms with van der Waals surface area (Å²) in [7, 11) is 0. The molecule has 1 aliphatic heterocycles. The van der Waals surface area contributed by atoms with Crippen molar-refractivity contribution < 1.29 is 4.79 Å². The van der Waals surface area contributed by atoms with Crippen LogP contribution >= 0.6 is 0 Å². The standard InChI is InChI=1S/C14H17N5O2/c1-9-15-5-2-11(17-9)10-3-6-19(7-4-10)13(20)12-8-16-14(21)18-12/h2,5,8,10H,3-4,6-7H2,1H3,(H2,16,18,21). The summed E-state index contributed by atoms with van der Waals surface area (Å²) in [6.07, 6.45) is 4.94. The number of H-pyrrole nitrogens is 2. The van der Waals surface area contributed by atoms with E-state index in [-0.39, 0.29) is 11.6 Å². The van der Waals surface area contributed by atoms with Gasteiger partial charge in [0.2, 0.25) is 0 Å². The molecule has 2 aromatic rings. The van der Waals surface area contributed by atoms with Crippen molar-refractivity contribution in [2.24, 2.45) is 0 Å². The van der Waals surface area contributed by atoms with Gasteiger partial charge in [-0.15, -0.1) is 0 Å². The van der Waals surface area contributed by atoms with Crippen LogP contribution < -0.4 is 5.69 Å². The van der Waals surface area contributed by atoms with Gasteiger partial charge in [0.1, 0.15) is 11.5 Å². The summed E-state index contributed by atoms with van der Waals surface area (Å²) in [5.41, 5.74) is 1.01. The molecule has 1 fully saturated rings. The SMILES string of the molecule is Cc1nccc(C2CCN(C(=O)c3c[nH]c(=O)[nH]3)CC2)n1. The quantitative estimate of drug-likeness (QED) is 0.855. The highest BCUT2D eigenvalue weighted by atomic mass is 16.2. The van der Waals surface area contributed by atoms with E-state index in [1.807, 2.05) is 13.0 Å². The van der Waals surface area contributed by atoms with Crippen LogP contribution in [0.2, 0.25) is 0 Å². The zero-order valence-corrected chi connectivity index (χ0v) is 11.8. The van der Waals surface area contributed by atoms with Crippen molar-refractivity contribution in [2.75, 3.05) is 13.1 Å². The fraction of sp³-hybridized carbons (Fsp3) is 0.429. The van der Waals surface area contributed by atoms with E-state index in [0.29, 0.717) is 24.7 Å². The number of hydrogen-bond acceptors (Lipinski definition) is 4. The maximum absolute atomic E-state index is 12.2. The van der Waals surface area contributed by atoms with E-state index in [4.69, 9.17) is 0 Å². The zero-order valence-electron chi connectivity index (χ0n) is 11.8. The molecule has 21 heavy (non-hydrogen) atoms. The molecule has 2 N–H and O–H groups in total. The molecular formula is C14H17N5O2. The Morgan fingerprint density at radius 2 is 2.14 bits per heavy atom. The zero-order chi connectivity index (χ0) is 14.8. The number of carbonyl (C=O) groups is 1. The van der Waals surface area contributed by atoms with Crippen LogP contribution in [0.3, 0.4) is 0 Å². The van der Waals surface area contributed by atoms with Crippen molar-refractivity contribution in [3.63, 3.8) is 0 Å². The third-order valence-electron chi connectivity index (χ3n) is 3.82. The number of aryl methyl sites for hydroxylation is 1. The highest BCUT2D eigenvalue weighted by Crippen LogP contribution is 2.26. The normalized spacial score (nSPS) is 16.1. The minimum absolute atomic E-state index is 0.134. The van der Waals surface area contributed by atoms with Gasteiger partial charge >= 0.3 is 5.69 Å². The van der Waals surface area contributed by atoms with Crippen LogP contribution in [0.5, 0.6) is 0 Å². The Bertz CT molecular complexity index is 697. The Morgan fingerprint density at radius 1 is 1.38 bits per heavy atom. The maximum Gasteiger partial charge on any atom is 0.323 e. The van der Waals surface area contributed by atoms with Crippen LogP contribution in [0, 0.1) is 6.92 Å². The maximum atomic E-state index is 12.2. The summed E-state index contributed by atoms with van der Waals surface area (Å²) >= 11 is 0. The molecule has 0 aromatic carbocycles. The third-order valence-corrected chi connectivity index (χ3v) is 3.82. The van der Waals surface area contributed by atoms with E-state index >= 15 is 0 Å². The molecule has 0 spiro atoms. The van der Waals surface area contributed by atoms with Gasteiger partial charge in [-0.1, -0.05) is 0 Å². The number of nitrogens with zero attached hydrogens (tertiary/aromatic N) is 3. The first-order valence-electron chi connectivity index (χ1n) is 7.00. The minimum atomic E-state index is -0.357. The number of imidazole rings is 1. The molecule has 0 radical (unpaired) electrons. The summed E-state index contributed by atoms with van der Waals surface area (Å²) in [5, 5.41) is 0.